The van der Waals surface area contributed by atoms with Crippen molar-refractivity contribution >= 4 is 23.0 Å². The van der Waals surface area contributed by atoms with Gasteiger partial charge < -0.3 is 10.2 Å². The van der Waals surface area contributed by atoms with Crippen LogP contribution in [0.15, 0.2) is 78.9 Å². The molecule has 0 aliphatic carbocycles. The summed E-state index contributed by atoms with van der Waals surface area (Å²) in [7, 11) is 0. The van der Waals surface area contributed by atoms with Crippen LogP contribution in [0.2, 0.25) is 0 Å². The molecule has 7 heteroatoms. The summed E-state index contributed by atoms with van der Waals surface area (Å²) in [5.41, 5.74) is 3.51. The highest BCUT2D eigenvalue weighted by atomic mass is 16.6. The molecule has 1 amide bonds. The third-order valence-corrected chi connectivity index (χ3v) is 5.68. The Morgan fingerprint density at radius 3 is 2.22 bits per heavy atom. The minimum Gasteiger partial charge on any atom is -0.369 e. The van der Waals surface area contributed by atoms with Crippen LogP contribution in [0.4, 0.5) is 17.1 Å². The van der Waals surface area contributed by atoms with E-state index in [9.17, 15) is 14.9 Å². The molecule has 0 aromatic heterocycles. The first-order valence-electron chi connectivity index (χ1n) is 10.7. The molecule has 0 unspecified atom stereocenters. The van der Waals surface area contributed by atoms with E-state index in [4.69, 9.17) is 0 Å². The minimum absolute atomic E-state index is 0.0376. The lowest BCUT2D eigenvalue weighted by molar-refractivity contribution is -0.385. The SMILES string of the molecule is O=C(Cc1ccccc1[N+](=O)[O-])Nc1ccc(N2CCN(Cc3ccccc3)CC2)cc1. The summed E-state index contributed by atoms with van der Waals surface area (Å²) in [4.78, 5) is 27.9. The van der Waals surface area contributed by atoms with Gasteiger partial charge in [0.2, 0.25) is 5.91 Å². The van der Waals surface area contributed by atoms with E-state index in [-0.39, 0.29) is 18.0 Å². The Morgan fingerprint density at radius 2 is 1.53 bits per heavy atom. The number of carbonyl (C=O) groups is 1. The monoisotopic (exact) mass is 430 g/mol. The molecule has 3 aromatic rings. The fourth-order valence-corrected chi connectivity index (χ4v) is 3.98. The number of amides is 1. The lowest BCUT2D eigenvalue weighted by Gasteiger charge is -2.36. The van der Waals surface area contributed by atoms with Gasteiger partial charge in [-0.05, 0) is 29.8 Å². The Kier molecular flexibility index (Phi) is 6.77. The molecule has 0 atom stereocenters. The summed E-state index contributed by atoms with van der Waals surface area (Å²) < 4.78 is 0. The lowest BCUT2D eigenvalue weighted by atomic mass is 10.1. The van der Waals surface area contributed by atoms with Gasteiger partial charge in [-0.3, -0.25) is 19.8 Å². The van der Waals surface area contributed by atoms with E-state index in [1.807, 2.05) is 30.3 Å². The Labute approximate surface area is 187 Å². The van der Waals surface area contributed by atoms with E-state index >= 15 is 0 Å². The van der Waals surface area contributed by atoms with E-state index in [0.29, 0.717) is 11.3 Å². The van der Waals surface area contributed by atoms with Crippen molar-refractivity contribution in [1.82, 2.24) is 4.90 Å². The lowest BCUT2D eigenvalue weighted by Crippen LogP contribution is -2.45. The van der Waals surface area contributed by atoms with Crippen molar-refractivity contribution in [2.75, 3.05) is 36.4 Å². The van der Waals surface area contributed by atoms with E-state index in [1.165, 1.54) is 11.6 Å². The Balaban J connectivity index is 1.29. The Hall–Kier alpha value is -3.71. The van der Waals surface area contributed by atoms with E-state index in [1.54, 1.807) is 18.2 Å². The molecule has 0 bridgehead atoms. The topological polar surface area (TPSA) is 78.7 Å². The molecule has 0 spiro atoms. The molecule has 1 saturated heterocycles. The number of hydrogen-bond acceptors (Lipinski definition) is 5. The largest absolute Gasteiger partial charge is 0.369 e. The van der Waals surface area contributed by atoms with Crippen LogP contribution in [0, 0.1) is 10.1 Å². The van der Waals surface area contributed by atoms with E-state index in [2.05, 4.69) is 39.4 Å². The highest BCUT2D eigenvalue weighted by Gasteiger charge is 2.18. The zero-order valence-electron chi connectivity index (χ0n) is 17.8. The van der Waals surface area contributed by atoms with Gasteiger partial charge in [-0.25, -0.2) is 0 Å². The first-order valence-corrected chi connectivity index (χ1v) is 10.7. The van der Waals surface area contributed by atoms with Crippen molar-refractivity contribution in [1.29, 1.82) is 0 Å². The second-order valence-corrected chi connectivity index (χ2v) is 7.91. The number of hydrogen-bond donors (Lipinski definition) is 1. The van der Waals surface area contributed by atoms with Crippen molar-refractivity contribution in [2.45, 2.75) is 13.0 Å². The van der Waals surface area contributed by atoms with Gasteiger partial charge in [-0.15, -0.1) is 0 Å². The summed E-state index contributed by atoms with van der Waals surface area (Å²) in [6.45, 7) is 4.89. The average Bonchev–Trinajstić information content (AvgIpc) is 2.81. The van der Waals surface area contributed by atoms with Crippen molar-refractivity contribution in [3.63, 3.8) is 0 Å². The van der Waals surface area contributed by atoms with Crippen LogP contribution in [0.5, 0.6) is 0 Å². The second-order valence-electron chi connectivity index (χ2n) is 7.91. The average molecular weight is 431 g/mol. The van der Waals surface area contributed by atoms with Gasteiger partial charge in [0.05, 0.1) is 11.3 Å². The third-order valence-electron chi connectivity index (χ3n) is 5.68. The molecule has 1 aliphatic rings. The number of para-hydroxylation sites is 1. The van der Waals surface area contributed by atoms with Gasteiger partial charge in [0.25, 0.3) is 5.69 Å². The molecule has 1 aliphatic heterocycles. The first-order chi connectivity index (χ1) is 15.6. The van der Waals surface area contributed by atoms with Gasteiger partial charge in [0, 0.05) is 55.7 Å². The van der Waals surface area contributed by atoms with Crippen LogP contribution in [-0.2, 0) is 17.8 Å². The van der Waals surface area contributed by atoms with Crippen LogP contribution >= 0.6 is 0 Å². The molecule has 0 saturated carbocycles. The maximum atomic E-state index is 12.4. The van der Waals surface area contributed by atoms with E-state index in [0.717, 1.165) is 38.4 Å². The molecule has 1 N–H and O–H groups in total. The quantitative estimate of drug-likeness (QED) is 0.451. The number of rotatable bonds is 7. The molecule has 0 radical (unpaired) electrons. The number of anilines is 2. The van der Waals surface area contributed by atoms with Gasteiger partial charge in [-0.1, -0.05) is 48.5 Å². The molecule has 7 nitrogen and oxygen atoms in total. The molecule has 4 rings (SSSR count). The highest BCUT2D eigenvalue weighted by molar-refractivity contribution is 5.93. The zero-order chi connectivity index (χ0) is 22.3. The summed E-state index contributed by atoms with van der Waals surface area (Å²) in [6, 6.07) is 24.6. The van der Waals surface area contributed by atoms with Gasteiger partial charge in [0.15, 0.2) is 0 Å². The predicted molar refractivity (Wildman–Crippen MR) is 126 cm³/mol. The Bertz CT molecular complexity index is 1060. The van der Waals surface area contributed by atoms with E-state index < -0.39 is 4.92 Å². The molecule has 1 heterocycles. The van der Waals surface area contributed by atoms with Crippen molar-refractivity contribution in [3.05, 3.63) is 100 Å². The molecule has 164 valence electrons. The number of nitro benzene ring substituents is 1. The first kappa shape index (κ1) is 21.5. The summed E-state index contributed by atoms with van der Waals surface area (Å²) in [5, 5.41) is 14.0. The number of benzene rings is 3. The molecule has 3 aromatic carbocycles. The van der Waals surface area contributed by atoms with Crippen molar-refractivity contribution in [3.8, 4) is 0 Å². The van der Waals surface area contributed by atoms with Crippen LogP contribution < -0.4 is 10.2 Å². The standard InChI is InChI=1S/C25H26N4O3/c30-25(18-21-8-4-5-9-24(21)29(31)32)26-22-10-12-23(13-11-22)28-16-14-27(15-17-28)19-20-6-2-1-3-7-20/h1-13H,14-19H2,(H,26,30). The number of nitrogens with one attached hydrogen (secondary N) is 1. The minimum atomic E-state index is -0.461. The smallest absolute Gasteiger partial charge is 0.273 e. The maximum Gasteiger partial charge on any atom is 0.273 e. The van der Waals surface area contributed by atoms with Gasteiger partial charge in [0.1, 0.15) is 0 Å². The fraction of sp³-hybridized carbons (Fsp3) is 0.240. The van der Waals surface area contributed by atoms with Crippen LogP contribution in [0.3, 0.4) is 0 Å². The van der Waals surface area contributed by atoms with Crippen molar-refractivity contribution < 1.29 is 9.72 Å². The fourth-order valence-electron chi connectivity index (χ4n) is 3.98. The molecule has 32 heavy (non-hydrogen) atoms. The van der Waals surface area contributed by atoms with Crippen LogP contribution in [-0.4, -0.2) is 41.9 Å². The summed E-state index contributed by atoms with van der Waals surface area (Å²) in [6.07, 6.45) is -0.0394. The number of piperazine rings is 1. The molecular weight excluding hydrogens is 404 g/mol. The normalized spacial score (nSPS) is 14.2. The molecular formula is C25H26N4O3. The van der Waals surface area contributed by atoms with Gasteiger partial charge >= 0.3 is 0 Å². The Morgan fingerprint density at radius 1 is 0.875 bits per heavy atom. The number of carbonyl (C=O) groups excluding carboxylic acids is 1. The van der Waals surface area contributed by atoms with Gasteiger partial charge in [-0.2, -0.15) is 0 Å². The second kappa shape index (κ2) is 10.1. The van der Waals surface area contributed by atoms with Crippen molar-refractivity contribution in [2.24, 2.45) is 0 Å². The summed E-state index contributed by atoms with van der Waals surface area (Å²) in [5.74, 6) is -0.276. The third kappa shape index (κ3) is 5.50. The number of nitrogens with zero attached hydrogens (tertiary/aromatic N) is 3. The van der Waals surface area contributed by atoms with Crippen LogP contribution in [0.1, 0.15) is 11.1 Å². The maximum absolute atomic E-state index is 12.4. The molecule has 1 fully saturated rings. The summed E-state index contributed by atoms with van der Waals surface area (Å²) >= 11 is 0. The predicted octanol–water partition coefficient (Wildman–Crippen LogP) is 4.10. The number of nitro groups is 1. The zero-order valence-corrected chi connectivity index (χ0v) is 17.8. The highest BCUT2D eigenvalue weighted by Crippen LogP contribution is 2.22. The van der Waals surface area contributed by atoms with Crippen LogP contribution in [0.25, 0.3) is 0 Å².